The highest BCUT2D eigenvalue weighted by Crippen LogP contribution is 2.31. The normalized spacial score (nSPS) is 9.95. The Balaban J connectivity index is 2.91. The molecule has 1 heterocycles. The van der Waals surface area contributed by atoms with Crippen molar-refractivity contribution in [1.29, 1.82) is 0 Å². The third-order valence-electron chi connectivity index (χ3n) is 2.79. The van der Waals surface area contributed by atoms with Gasteiger partial charge in [-0.3, -0.25) is 14.6 Å². The number of aryl methyl sites for hydroxylation is 1. The van der Waals surface area contributed by atoms with Gasteiger partial charge in [-0.25, -0.2) is 0 Å². The summed E-state index contributed by atoms with van der Waals surface area (Å²) >= 11 is 1.32. The van der Waals surface area contributed by atoms with Crippen molar-refractivity contribution < 1.29 is 9.59 Å². The van der Waals surface area contributed by atoms with E-state index in [9.17, 15) is 9.59 Å². The molecule has 0 unspecified atom stereocenters. The van der Waals surface area contributed by atoms with Crippen LogP contribution in [0.3, 0.4) is 0 Å². The molecule has 0 aliphatic carbocycles. The number of thiophene rings is 1. The summed E-state index contributed by atoms with van der Waals surface area (Å²) in [6, 6.07) is 0. The van der Waals surface area contributed by atoms with Crippen molar-refractivity contribution in [2.24, 2.45) is 10.8 Å². The van der Waals surface area contributed by atoms with Gasteiger partial charge in [-0.1, -0.05) is 6.58 Å². The van der Waals surface area contributed by atoms with Gasteiger partial charge < -0.3 is 11.1 Å². The van der Waals surface area contributed by atoms with Gasteiger partial charge in [0, 0.05) is 17.3 Å². The lowest BCUT2D eigenvalue weighted by atomic mass is 10.1. The summed E-state index contributed by atoms with van der Waals surface area (Å²) in [7, 11) is 0. The number of hydrogen-bond acceptors (Lipinski definition) is 5. The number of amides is 2. The molecule has 0 saturated heterocycles. The Labute approximate surface area is 122 Å². The fourth-order valence-corrected chi connectivity index (χ4v) is 2.70. The number of anilines is 1. The van der Waals surface area contributed by atoms with Crippen molar-refractivity contribution in [2.45, 2.75) is 20.8 Å². The van der Waals surface area contributed by atoms with Gasteiger partial charge in [0.05, 0.1) is 5.56 Å². The maximum Gasteiger partial charge on any atom is 0.251 e. The molecule has 0 aromatic carbocycles. The number of primary amides is 1. The van der Waals surface area contributed by atoms with Gasteiger partial charge in [0.15, 0.2) is 0 Å². The van der Waals surface area contributed by atoms with Crippen LogP contribution in [0.5, 0.6) is 0 Å². The van der Waals surface area contributed by atoms with Gasteiger partial charge in [0.25, 0.3) is 5.91 Å². The van der Waals surface area contributed by atoms with E-state index in [1.54, 1.807) is 13.8 Å². The smallest absolute Gasteiger partial charge is 0.251 e. The molecule has 1 aromatic rings. The maximum atomic E-state index is 12.0. The summed E-state index contributed by atoms with van der Waals surface area (Å²) in [6.07, 6.45) is 0. The molecule has 0 atom stereocenters. The highest BCUT2D eigenvalue weighted by molar-refractivity contribution is 7.16. The molecule has 0 radical (unpaired) electrons. The van der Waals surface area contributed by atoms with Crippen LogP contribution in [0.25, 0.3) is 0 Å². The molecule has 0 aliphatic rings. The second-order valence-corrected chi connectivity index (χ2v) is 5.56. The summed E-state index contributed by atoms with van der Waals surface area (Å²) < 4.78 is 0. The molecule has 1 rings (SSSR count). The number of hydrogen-bond donors (Lipinski definition) is 2. The Hall–Kier alpha value is -2.15. The lowest BCUT2D eigenvalue weighted by Crippen LogP contribution is -2.28. The highest BCUT2D eigenvalue weighted by Gasteiger charge is 2.19. The fourth-order valence-electron chi connectivity index (χ4n) is 1.62. The van der Waals surface area contributed by atoms with Crippen LogP contribution in [0.1, 0.15) is 27.7 Å². The van der Waals surface area contributed by atoms with Gasteiger partial charge in [-0.05, 0) is 26.3 Å². The minimum absolute atomic E-state index is 0.0208. The molecule has 0 aliphatic heterocycles. The zero-order valence-corrected chi connectivity index (χ0v) is 12.6. The summed E-state index contributed by atoms with van der Waals surface area (Å²) in [6.45, 7) is 12.4. The average Bonchev–Trinajstić information content (AvgIpc) is 2.61. The zero-order valence-electron chi connectivity index (χ0n) is 11.8. The number of carbonyl (C=O) groups excluding carboxylic acids is 2. The minimum atomic E-state index is -0.555. The topological polar surface area (TPSA) is 87.8 Å². The van der Waals surface area contributed by atoms with Crippen LogP contribution in [-0.4, -0.2) is 30.1 Å². The van der Waals surface area contributed by atoms with Crippen molar-refractivity contribution in [3.05, 3.63) is 28.3 Å². The largest absolute Gasteiger partial charge is 0.365 e. The molecular formula is C13H18N4O2S. The van der Waals surface area contributed by atoms with Crippen LogP contribution >= 0.6 is 11.3 Å². The number of allylic oxidation sites excluding steroid dienone is 1. The van der Waals surface area contributed by atoms with E-state index in [-0.39, 0.29) is 12.5 Å². The van der Waals surface area contributed by atoms with E-state index in [4.69, 9.17) is 5.73 Å². The van der Waals surface area contributed by atoms with Crippen molar-refractivity contribution in [2.75, 3.05) is 11.9 Å². The zero-order chi connectivity index (χ0) is 15.4. The van der Waals surface area contributed by atoms with Gasteiger partial charge in [-0.2, -0.15) is 5.10 Å². The number of carbonyl (C=O) groups is 2. The molecule has 7 heteroatoms. The molecule has 0 saturated carbocycles. The van der Waals surface area contributed by atoms with E-state index in [0.717, 1.165) is 10.4 Å². The van der Waals surface area contributed by atoms with Crippen LogP contribution in [-0.2, 0) is 4.79 Å². The Morgan fingerprint density at radius 2 is 2.05 bits per heavy atom. The monoisotopic (exact) mass is 294 g/mol. The molecular weight excluding hydrogens is 276 g/mol. The first-order valence-corrected chi connectivity index (χ1v) is 6.68. The van der Waals surface area contributed by atoms with Gasteiger partial charge in [-0.15, -0.1) is 11.3 Å². The molecule has 0 spiro atoms. The summed E-state index contributed by atoms with van der Waals surface area (Å²) in [5.74, 6) is -0.870. The Morgan fingerprint density at radius 3 is 2.50 bits per heavy atom. The number of nitrogens with zero attached hydrogens (tertiary/aromatic N) is 2. The van der Waals surface area contributed by atoms with E-state index in [2.05, 4.69) is 23.7 Å². The standard InChI is InChI=1S/C13H18N4O2S/c1-7(2)17(15-5)6-10(18)16-13-11(12(14)19)8(3)9(4)20-13/h1,5-6H2,2-4H3,(H2,14,19)(H,16,18). The first-order chi connectivity index (χ1) is 9.27. The molecule has 3 N–H and O–H groups in total. The first-order valence-electron chi connectivity index (χ1n) is 5.87. The Bertz CT molecular complexity index is 577. The molecule has 0 bridgehead atoms. The average molecular weight is 294 g/mol. The molecule has 1 aromatic heterocycles. The van der Waals surface area contributed by atoms with Gasteiger partial charge in [0.2, 0.25) is 5.91 Å². The fraction of sp³-hybridized carbons (Fsp3) is 0.308. The summed E-state index contributed by atoms with van der Waals surface area (Å²) in [4.78, 5) is 24.3. The van der Waals surface area contributed by atoms with Crippen molar-refractivity contribution in [3.8, 4) is 0 Å². The van der Waals surface area contributed by atoms with Crippen molar-refractivity contribution >= 4 is 34.9 Å². The third-order valence-corrected chi connectivity index (χ3v) is 3.91. The summed E-state index contributed by atoms with van der Waals surface area (Å²) in [5, 5.41) is 8.19. The van der Waals surface area contributed by atoms with Crippen molar-refractivity contribution in [3.63, 3.8) is 0 Å². The SMILES string of the molecule is C=NN(CC(=O)Nc1sc(C)c(C)c1C(N)=O)C(=C)C. The number of hydrazone groups is 1. The quantitative estimate of drug-likeness (QED) is 0.620. The van der Waals surface area contributed by atoms with Crippen LogP contribution in [0, 0.1) is 13.8 Å². The van der Waals surface area contributed by atoms with Gasteiger partial charge in [0.1, 0.15) is 11.5 Å². The maximum absolute atomic E-state index is 12.0. The number of rotatable bonds is 6. The first kappa shape index (κ1) is 15.9. The van der Waals surface area contributed by atoms with Crippen LogP contribution in [0.15, 0.2) is 17.4 Å². The molecule has 108 valence electrons. The minimum Gasteiger partial charge on any atom is -0.365 e. The second-order valence-electron chi connectivity index (χ2n) is 4.33. The van der Waals surface area contributed by atoms with Crippen LogP contribution < -0.4 is 11.1 Å². The van der Waals surface area contributed by atoms with Crippen LogP contribution in [0.4, 0.5) is 5.00 Å². The van der Waals surface area contributed by atoms with E-state index in [0.29, 0.717) is 16.3 Å². The molecule has 6 nitrogen and oxygen atoms in total. The number of nitrogens with one attached hydrogen (secondary N) is 1. The highest BCUT2D eigenvalue weighted by atomic mass is 32.1. The summed E-state index contributed by atoms with van der Waals surface area (Å²) in [5.41, 5.74) is 7.09. The van der Waals surface area contributed by atoms with Crippen LogP contribution in [0.2, 0.25) is 0 Å². The van der Waals surface area contributed by atoms with E-state index >= 15 is 0 Å². The molecule has 0 fully saturated rings. The van der Waals surface area contributed by atoms with Gasteiger partial charge >= 0.3 is 0 Å². The second kappa shape index (κ2) is 6.33. The number of nitrogens with two attached hydrogens (primary N) is 1. The van der Waals surface area contributed by atoms with E-state index in [1.165, 1.54) is 16.3 Å². The van der Waals surface area contributed by atoms with Crippen molar-refractivity contribution in [1.82, 2.24) is 5.01 Å². The third kappa shape index (κ3) is 3.45. The molecule has 2 amide bonds. The van der Waals surface area contributed by atoms with E-state index < -0.39 is 5.91 Å². The Morgan fingerprint density at radius 1 is 1.45 bits per heavy atom. The lowest BCUT2D eigenvalue weighted by Gasteiger charge is -2.17. The predicted octanol–water partition coefficient (Wildman–Crippen LogP) is 1.85. The predicted molar refractivity (Wildman–Crippen MR) is 82.0 cm³/mol. The van der Waals surface area contributed by atoms with E-state index in [1.807, 2.05) is 6.92 Å². The Kier molecular flexibility index (Phi) is 5.04. The molecule has 20 heavy (non-hydrogen) atoms. The lowest BCUT2D eigenvalue weighted by molar-refractivity contribution is -0.116.